The van der Waals surface area contributed by atoms with Crippen LogP contribution in [0.5, 0.6) is 0 Å². The van der Waals surface area contributed by atoms with Gasteiger partial charge in [0.05, 0.1) is 12.0 Å². The van der Waals surface area contributed by atoms with E-state index in [0.717, 1.165) is 11.8 Å². The molecule has 76 valence electrons. The van der Waals surface area contributed by atoms with E-state index in [9.17, 15) is 8.42 Å². The van der Waals surface area contributed by atoms with Gasteiger partial charge in [-0.3, -0.25) is 4.28 Å². The first-order valence-corrected chi connectivity index (χ1v) is 5.79. The number of oxime groups is 1. The number of hydrogen-bond donors (Lipinski definition) is 0. The van der Waals surface area contributed by atoms with E-state index < -0.39 is 10.1 Å². The first-order chi connectivity index (χ1) is 6.49. The average Bonchev–Trinajstić information content (AvgIpc) is 2.14. The highest BCUT2D eigenvalue weighted by Crippen LogP contribution is 2.01. The van der Waals surface area contributed by atoms with Gasteiger partial charge in [-0.05, 0) is 12.5 Å². The zero-order valence-electron chi connectivity index (χ0n) is 7.97. The second-order valence-corrected chi connectivity index (χ2v) is 4.38. The van der Waals surface area contributed by atoms with Crippen molar-refractivity contribution in [2.45, 2.75) is 6.92 Å². The third-order valence-corrected chi connectivity index (χ3v) is 1.85. The maximum atomic E-state index is 10.6. The third kappa shape index (κ3) is 3.57. The standard InChI is InChI=1S/C9H11NO3S/c1-8(10-13-14(2,11)12)9-6-4-3-5-7-9/h3-7H,1-2H3/b10-8+. The van der Waals surface area contributed by atoms with Gasteiger partial charge in [0.15, 0.2) is 0 Å². The summed E-state index contributed by atoms with van der Waals surface area (Å²) in [5.74, 6) is 0. The Morgan fingerprint density at radius 2 is 1.86 bits per heavy atom. The van der Waals surface area contributed by atoms with Crippen molar-refractivity contribution in [3.05, 3.63) is 35.9 Å². The highest BCUT2D eigenvalue weighted by atomic mass is 32.2. The van der Waals surface area contributed by atoms with Crippen LogP contribution in [0, 0.1) is 0 Å². The topological polar surface area (TPSA) is 55.7 Å². The number of rotatable bonds is 3. The number of benzene rings is 1. The van der Waals surface area contributed by atoms with Gasteiger partial charge >= 0.3 is 10.1 Å². The Kier molecular flexibility index (Phi) is 3.24. The normalized spacial score (nSPS) is 12.6. The van der Waals surface area contributed by atoms with Crippen LogP contribution in [-0.2, 0) is 14.4 Å². The molecular formula is C9H11NO3S. The summed E-state index contributed by atoms with van der Waals surface area (Å²) < 4.78 is 25.6. The summed E-state index contributed by atoms with van der Waals surface area (Å²) in [6.07, 6.45) is 0.953. The monoisotopic (exact) mass is 213 g/mol. The maximum absolute atomic E-state index is 10.6. The molecule has 0 N–H and O–H groups in total. The molecule has 1 aromatic carbocycles. The van der Waals surface area contributed by atoms with Crippen LogP contribution in [0.1, 0.15) is 12.5 Å². The predicted octanol–water partition coefficient (Wildman–Crippen LogP) is 1.39. The molecule has 0 unspecified atom stereocenters. The van der Waals surface area contributed by atoms with Crippen LogP contribution in [-0.4, -0.2) is 20.4 Å². The van der Waals surface area contributed by atoms with Crippen molar-refractivity contribution in [2.24, 2.45) is 5.16 Å². The fourth-order valence-electron chi connectivity index (χ4n) is 0.856. The van der Waals surface area contributed by atoms with Gasteiger partial charge in [0.25, 0.3) is 0 Å². The van der Waals surface area contributed by atoms with E-state index >= 15 is 0 Å². The van der Waals surface area contributed by atoms with E-state index in [4.69, 9.17) is 0 Å². The molecule has 14 heavy (non-hydrogen) atoms. The van der Waals surface area contributed by atoms with Gasteiger partial charge in [0.2, 0.25) is 0 Å². The quantitative estimate of drug-likeness (QED) is 0.563. The highest BCUT2D eigenvalue weighted by Gasteiger charge is 2.01. The van der Waals surface area contributed by atoms with Gasteiger partial charge in [-0.2, -0.15) is 8.42 Å². The zero-order valence-corrected chi connectivity index (χ0v) is 8.78. The van der Waals surface area contributed by atoms with Crippen LogP contribution in [0.25, 0.3) is 0 Å². The molecule has 0 aliphatic rings. The summed E-state index contributed by atoms with van der Waals surface area (Å²) in [4.78, 5) is 0. The summed E-state index contributed by atoms with van der Waals surface area (Å²) in [6, 6.07) is 9.20. The lowest BCUT2D eigenvalue weighted by Gasteiger charge is -1.99. The Labute approximate surface area is 83.3 Å². The molecular weight excluding hydrogens is 202 g/mol. The smallest absolute Gasteiger partial charge is 0.268 e. The Morgan fingerprint density at radius 1 is 1.29 bits per heavy atom. The molecule has 1 aromatic rings. The highest BCUT2D eigenvalue weighted by molar-refractivity contribution is 7.85. The van der Waals surface area contributed by atoms with E-state index in [0.29, 0.717) is 5.71 Å². The molecule has 0 bridgehead atoms. The molecule has 0 saturated heterocycles. The Morgan fingerprint density at radius 3 is 2.36 bits per heavy atom. The largest absolute Gasteiger partial charge is 0.325 e. The molecule has 0 heterocycles. The molecule has 0 aromatic heterocycles. The molecule has 0 spiro atoms. The summed E-state index contributed by atoms with van der Waals surface area (Å²) in [5.41, 5.74) is 1.35. The van der Waals surface area contributed by atoms with Crippen LogP contribution in [0.2, 0.25) is 0 Å². The van der Waals surface area contributed by atoms with E-state index in [1.807, 2.05) is 30.3 Å². The summed E-state index contributed by atoms with van der Waals surface area (Å²) in [5, 5.41) is 3.49. The van der Waals surface area contributed by atoms with Crippen molar-refractivity contribution < 1.29 is 12.7 Å². The molecule has 0 radical (unpaired) electrons. The predicted molar refractivity (Wildman–Crippen MR) is 54.6 cm³/mol. The van der Waals surface area contributed by atoms with Gasteiger partial charge < -0.3 is 0 Å². The second kappa shape index (κ2) is 4.23. The Balaban J connectivity index is 2.81. The van der Waals surface area contributed by atoms with Crippen LogP contribution >= 0.6 is 0 Å². The van der Waals surface area contributed by atoms with Crippen molar-refractivity contribution in [1.82, 2.24) is 0 Å². The SMILES string of the molecule is C/C(=N\OS(C)(=O)=O)c1ccccc1. The van der Waals surface area contributed by atoms with Crippen molar-refractivity contribution >= 4 is 15.8 Å². The maximum Gasteiger partial charge on any atom is 0.325 e. The van der Waals surface area contributed by atoms with Gasteiger partial charge in [-0.25, -0.2) is 0 Å². The van der Waals surface area contributed by atoms with Gasteiger partial charge in [-0.1, -0.05) is 35.5 Å². The third-order valence-electron chi connectivity index (χ3n) is 1.50. The van der Waals surface area contributed by atoms with Gasteiger partial charge in [0.1, 0.15) is 0 Å². The van der Waals surface area contributed by atoms with Crippen LogP contribution in [0.15, 0.2) is 35.5 Å². The summed E-state index contributed by atoms with van der Waals surface area (Å²) in [6.45, 7) is 1.68. The summed E-state index contributed by atoms with van der Waals surface area (Å²) >= 11 is 0. The van der Waals surface area contributed by atoms with E-state index in [-0.39, 0.29) is 0 Å². The number of nitrogens with zero attached hydrogens (tertiary/aromatic N) is 1. The van der Waals surface area contributed by atoms with E-state index in [1.54, 1.807) is 6.92 Å². The minimum Gasteiger partial charge on any atom is -0.268 e. The molecule has 5 heteroatoms. The van der Waals surface area contributed by atoms with Crippen molar-refractivity contribution in [3.63, 3.8) is 0 Å². The molecule has 4 nitrogen and oxygen atoms in total. The molecule has 0 aliphatic heterocycles. The van der Waals surface area contributed by atoms with Crippen molar-refractivity contribution in [2.75, 3.05) is 6.26 Å². The lowest BCUT2D eigenvalue weighted by Crippen LogP contribution is -2.01. The molecule has 0 fully saturated rings. The second-order valence-electron chi connectivity index (χ2n) is 2.82. The fraction of sp³-hybridized carbons (Fsp3) is 0.222. The van der Waals surface area contributed by atoms with Gasteiger partial charge in [-0.15, -0.1) is 0 Å². The van der Waals surface area contributed by atoms with E-state index in [1.165, 1.54) is 0 Å². The molecule has 0 aliphatic carbocycles. The zero-order chi connectivity index (χ0) is 10.6. The average molecular weight is 213 g/mol. The van der Waals surface area contributed by atoms with Gasteiger partial charge in [0, 0.05) is 0 Å². The van der Waals surface area contributed by atoms with Crippen molar-refractivity contribution in [1.29, 1.82) is 0 Å². The fourth-order valence-corrected chi connectivity index (χ4v) is 1.10. The Bertz CT molecular complexity index is 423. The minimum absolute atomic E-state index is 0.524. The van der Waals surface area contributed by atoms with Crippen LogP contribution in [0.3, 0.4) is 0 Å². The Hall–Kier alpha value is -1.36. The first-order valence-electron chi connectivity index (χ1n) is 3.98. The molecule has 0 amide bonds. The number of hydrogen-bond acceptors (Lipinski definition) is 4. The molecule has 0 saturated carbocycles. The van der Waals surface area contributed by atoms with Crippen LogP contribution < -0.4 is 0 Å². The van der Waals surface area contributed by atoms with Crippen molar-refractivity contribution in [3.8, 4) is 0 Å². The molecule has 0 atom stereocenters. The lowest BCUT2D eigenvalue weighted by molar-refractivity contribution is 0.343. The molecule has 1 rings (SSSR count). The van der Waals surface area contributed by atoms with Crippen LogP contribution in [0.4, 0.5) is 0 Å². The lowest BCUT2D eigenvalue weighted by atomic mass is 10.1. The minimum atomic E-state index is -3.51. The van der Waals surface area contributed by atoms with E-state index in [2.05, 4.69) is 9.44 Å². The first kappa shape index (κ1) is 10.7. The summed E-state index contributed by atoms with van der Waals surface area (Å²) in [7, 11) is -3.51.